The van der Waals surface area contributed by atoms with Crippen molar-refractivity contribution < 1.29 is 4.79 Å². The molecule has 0 bridgehead atoms. The zero-order chi connectivity index (χ0) is 17.8. The topological polar surface area (TPSA) is 32.3 Å². The van der Waals surface area contributed by atoms with Crippen molar-refractivity contribution in [1.29, 1.82) is 0 Å². The van der Waals surface area contributed by atoms with Crippen molar-refractivity contribution >= 4 is 41.3 Å². The molecule has 1 N–H and O–H groups in total. The Labute approximate surface area is 171 Å². The van der Waals surface area contributed by atoms with Gasteiger partial charge in [0.15, 0.2) is 0 Å². The molecular formula is C20H26Cl2N2OS. The predicted octanol–water partition coefficient (Wildman–Crippen LogP) is 5.26. The summed E-state index contributed by atoms with van der Waals surface area (Å²) in [6, 6.07) is 9.86. The fraction of sp³-hybridized carbons (Fsp3) is 0.450. The molecule has 142 valence electrons. The largest absolute Gasteiger partial charge is 0.338 e. The van der Waals surface area contributed by atoms with Crippen LogP contribution in [0.2, 0.25) is 5.02 Å². The zero-order valence-corrected chi connectivity index (χ0v) is 17.6. The lowest BCUT2D eigenvalue weighted by molar-refractivity contribution is 0.0692. The Balaban J connectivity index is 0.00000243. The lowest BCUT2D eigenvalue weighted by Gasteiger charge is -2.31. The highest BCUT2D eigenvalue weighted by Gasteiger charge is 2.25. The molecule has 0 aliphatic carbocycles. The van der Waals surface area contributed by atoms with Gasteiger partial charge in [0.25, 0.3) is 5.91 Å². The Morgan fingerprint density at radius 3 is 2.69 bits per heavy atom. The fourth-order valence-electron chi connectivity index (χ4n) is 3.43. The SMILES string of the molecule is CNCCC1CCN(C(=O)c2cc(C)c(-c3cccc(Cl)c3)s2)CC1.Cl. The maximum absolute atomic E-state index is 12.9. The predicted molar refractivity (Wildman–Crippen MR) is 114 cm³/mol. The van der Waals surface area contributed by atoms with Crippen molar-refractivity contribution in [3.05, 3.63) is 45.8 Å². The number of benzene rings is 1. The molecule has 3 rings (SSSR count). The number of hydrogen-bond acceptors (Lipinski definition) is 3. The van der Waals surface area contributed by atoms with Gasteiger partial charge in [0.2, 0.25) is 0 Å². The van der Waals surface area contributed by atoms with E-state index in [0.29, 0.717) is 0 Å². The highest BCUT2D eigenvalue weighted by molar-refractivity contribution is 7.17. The number of aryl methyl sites for hydroxylation is 1. The average Bonchev–Trinajstić information content (AvgIpc) is 3.01. The molecule has 0 spiro atoms. The molecule has 1 aromatic carbocycles. The third kappa shape index (κ3) is 5.01. The van der Waals surface area contributed by atoms with E-state index in [1.165, 1.54) is 6.42 Å². The molecule has 1 aromatic heterocycles. The van der Waals surface area contributed by atoms with Crippen LogP contribution in [0.15, 0.2) is 30.3 Å². The molecule has 0 radical (unpaired) electrons. The van der Waals surface area contributed by atoms with E-state index in [0.717, 1.165) is 64.3 Å². The van der Waals surface area contributed by atoms with Gasteiger partial charge in [-0.05, 0) is 75.0 Å². The van der Waals surface area contributed by atoms with E-state index in [-0.39, 0.29) is 18.3 Å². The highest BCUT2D eigenvalue weighted by atomic mass is 35.5. The lowest BCUT2D eigenvalue weighted by Crippen LogP contribution is -2.38. The summed E-state index contributed by atoms with van der Waals surface area (Å²) >= 11 is 7.69. The number of nitrogens with one attached hydrogen (secondary N) is 1. The first kappa shape index (κ1) is 21.2. The van der Waals surface area contributed by atoms with Crippen molar-refractivity contribution in [2.45, 2.75) is 26.2 Å². The Morgan fingerprint density at radius 1 is 1.31 bits per heavy atom. The molecular weight excluding hydrogens is 387 g/mol. The maximum atomic E-state index is 12.9. The summed E-state index contributed by atoms with van der Waals surface area (Å²) in [5, 5.41) is 3.94. The molecule has 0 atom stereocenters. The van der Waals surface area contributed by atoms with Gasteiger partial charge in [-0.15, -0.1) is 23.7 Å². The van der Waals surface area contributed by atoms with E-state index in [9.17, 15) is 4.79 Å². The van der Waals surface area contributed by atoms with Gasteiger partial charge in [-0.1, -0.05) is 23.7 Å². The lowest BCUT2D eigenvalue weighted by atomic mass is 9.93. The summed E-state index contributed by atoms with van der Waals surface area (Å²) in [6.07, 6.45) is 3.42. The van der Waals surface area contributed by atoms with Crippen LogP contribution >= 0.6 is 35.3 Å². The van der Waals surface area contributed by atoms with Crippen LogP contribution in [0.3, 0.4) is 0 Å². The number of rotatable bonds is 5. The van der Waals surface area contributed by atoms with E-state index in [1.807, 2.05) is 42.3 Å². The minimum Gasteiger partial charge on any atom is -0.338 e. The second-order valence-corrected chi connectivity index (χ2v) is 8.25. The number of thiophene rings is 1. The molecule has 2 heterocycles. The number of carbonyl (C=O) groups is 1. The first-order valence-corrected chi connectivity index (χ1v) is 10.1. The average molecular weight is 413 g/mol. The van der Waals surface area contributed by atoms with Crippen LogP contribution < -0.4 is 5.32 Å². The number of piperidine rings is 1. The fourth-order valence-corrected chi connectivity index (χ4v) is 4.76. The van der Waals surface area contributed by atoms with Crippen molar-refractivity contribution in [1.82, 2.24) is 10.2 Å². The monoisotopic (exact) mass is 412 g/mol. The summed E-state index contributed by atoms with van der Waals surface area (Å²) in [5.74, 6) is 0.914. The van der Waals surface area contributed by atoms with Crippen LogP contribution in [0.25, 0.3) is 10.4 Å². The molecule has 1 aliphatic heterocycles. The molecule has 2 aromatic rings. The van der Waals surface area contributed by atoms with Gasteiger partial charge in [0, 0.05) is 23.0 Å². The first-order chi connectivity index (χ1) is 12.1. The van der Waals surface area contributed by atoms with Crippen LogP contribution in [0.4, 0.5) is 0 Å². The first-order valence-electron chi connectivity index (χ1n) is 8.88. The van der Waals surface area contributed by atoms with Gasteiger partial charge in [-0.2, -0.15) is 0 Å². The Kier molecular flexibility index (Phi) is 7.96. The number of hydrogen-bond donors (Lipinski definition) is 1. The van der Waals surface area contributed by atoms with Crippen molar-refractivity contribution in [2.24, 2.45) is 5.92 Å². The van der Waals surface area contributed by atoms with Gasteiger partial charge in [0.1, 0.15) is 0 Å². The smallest absolute Gasteiger partial charge is 0.263 e. The second-order valence-electron chi connectivity index (χ2n) is 6.76. The molecule has 1 fully saturated rings. The minimum absolute atomic E-state index is 0. The number of likely N-dealkylation sites (tertiary alicyclic amines) is 1. The van der Waals surface area contributed by atoms with E-state index in [4.69, 9.17) is 11.6 Å². The summed E-state index contributed by atoms with van der Waals surface area (Å²) in [7, 11) is 2.00. The van der Waals surface area contributed by atoms with E-state index in [2.05, 4.69) is 12.2 Å². The summed E-state index contributed by atoms with van der Waals surface area (Å²) in [4.78, 5) is 16.9. The van der Waals surface area contributed by atoms with Gasteiger partial charge < -0.3 is 10.2 Å². The summed E-state index contributed by atoms with van der Waals surface area (Å²) in [6.45, 7) is 4.87. The van der Waals surface area contributed by atoms with E-state index in [1.54, 1.807) is 11.3 Å². The molecule has 1 saturated heterocycles. The Morgan fingerprint density at radius 2 is 2.04 bits per heavy atom. The van der Waals surface area contributed by atoms with E-state index >= 15 is 0 Å². The van der Waals surface area contributed by atoms with Crippen LogP contribution in [-0.4, -0.2) is 37.5 Å². The van der Waals surface area contributed by atoms with Gasteiger partial charge in [-0.25, -0.2) is 0 Å². The van der Waals surface area contributed by atoms with Crippen molar-refractivity contribution in [2.75, 3.05) is 26.7 Å². The van der Waals surface area contributed by atoms with Crippen molar-refractivity contribution in [3.63, 3.8) is 0 Å². The molecule has 0 unspecified atom stereocenters. The Bertz CT molecular complexity index is 739. The van der Waals surface area contributed by atoms with Crippen LogP contribution in [0.1, 0.15) is 34.5 Å². The van der Waals surface area contributed by atoms with Gasteiger partial charge in [-0.3, -0.25) is 4.79 Å². The van der Waals surface area contributed by atoms with Crippen LogP contribution in [0, 0.1) is 12.8 Å². The normalized spacial score (nSPS) is 15.0. The van der Waals surface area contributed by atoms with Crippen LogP contribution in [0.5, 0.6) is 0 Å². The molecule has 0 saturated carbocycles. The number of halogens is 2. The highest BCUT2D eigenvalue weighted by Crippen LogP contribution is 2.34. The zero-order valence-electron chi connectivity index (χ0n) is 15.3. The number of carbonyl (C=O) groups excluding carboxylic acids is 1. The van der Waals surface area contributed by atoms with Gasteiger partial charge >= 0.3 is 0 Å². The molecule has 3 nitrogen and oxygen atoms in total. The standard InChI is InChI=1S/C20H25ClN2OS.ClH/c1-14-12-18(25-19(14)16-4-3-5-17(21)13-16)20(24)23-10-7-15(8-11-23)6-9-22-2;/h3-5,12-13,15,22H,6-11H2,1-2H3;1H. The summed E-state index contributed by atoms with van der Waals surface area (Å²) in [5.41, 5.74) is 2.22. The molecule has 1 aliphatic rings. The van der Waals surface area contributed by atoms with Crippen LogP contribution in [-0.2, 0) is 0 Å². The Hall–Kier alpha value is -1.07. The second kappa shape index (κ2) is 9.75. The molecule has 1 amide bonds. The summed E-state index contributed by atoms with van der Waals surface area (Å²) < 4.78 is 0. The molecule has 26 heavy (non-hydrogen) atoms. The minimum atomic E-state index is 0. The third-order valence-corrected chi connectivity index (χ3v) is 6.43. The quantitative estimate of drug-likeness (QED) is 0.725. The number of amides is 1. The van der Waals surface area contributed by atoms with Crippen molar-refractivity contribution in [3.8, 4) is 10.4 Å². The maximum Gasteiger partial charge on any atom is 0.263 e. The van der Waals surface area contributed by atoms with Gasteiger partial charge in [0.05, 0.1) is 4.88 Å². The van der Waals surface area contributed by atoms with E-state index < -0.39 is 0 Å². The number of nitrogens with zero attached hydrogens (tertiary/aromatic N) is 1. The molecule has 6 heteroatoms. The third-order valence-electron chi connectivity index (χ3n) is 4.92.